The third-order valence-corrected chi connectivity index (χ3v) is 5.00. The van der Waals surface area contributed by atoms with E-state index in [9.17, 15) is 19.2 Å². The van der Waals surface area contributed by atoms with Crippen LogP contribution in [0, 0.1) is 19.8 Å². The number of hydrogen-bond donors (Lipinski definition) is 2. The van der Waals surface area contributed by atoms with Crippen molar-refractivity contribution >= 4 is 29.5 Å². The van der Waals surface area contributed by atoms with Gasteiger partial charge in [0.05, 0.1) is 0 Å². The van der Waals surface area contributed by atoms with Crippen LogP contribution in [0.3, 0.4) is 0 Å². The maximum atomic E-state index is 12.5. The van der Waals surface area contributed by atoms with Crippen molar-refractivity contribution in [3.63, 3.8) is 0 Å². The Balaban J connectivity index is 1.50. The lowest BCUT2D eigenvalue weighted by Crippen LogP contribution is -2.46. The first-order chi connectivity index (χ1) is 12.7. The Kier molecular flexibility index (Phi) is 4.91. The maximum absolute atomic E-state index is 12.5. The number of hydrogen-bond acceptors (Lipinski definition) is 5. The number of anilines is 1. The van der Waals surface area contributed by atoms with Crippen LogP contribution in [0.15, 0.2) is 18.2 Å². The number of nitrogens with zero attached hydrogens (tertiary/aromatic N) is 1. The Bertz CT molecular complexity index is 818. The van der Waals surface area contributed by atoms with Crippen molar-refractivity contribution in [3.8, 4) is 0 Å². The van der Waals surface area contributed by atoms with E-state index in [1.165, 1.54) is 0 Å². The van der Waals surface area contributed by atoms with E-state index in [1.54, 1.807) is 13.0 Å². The monoisotopic (exact) mass is 373 g/mol. The highest BCUT2D eigenvalue weighted by molar-refractivity contribution is 6.09. The summed E-state index contributed by atoms with van der Waals surface area (Å²) in [7, 11) is 0. The fourth-order valence-corrected chi connectivity index (χ4v) is 3.26. The second-order valence-corrected chi connectivity index (χ2v) is 7.33. The summed E-state index contributed by atoms with van der Waals surface area (Å²) in [6.45, 7) is 4.49. The zero-order valence-electron chi connectivity index (χ0n) is 15.6. The first kappa shape index (κ1) is 18.9. The van der Waals surface area contributed by atoms with Gasteiger partial charge in [0.1, 0.15) is 12.1 Å². The predicted molar refractivity (Wildman–Crippen MR) is 96.9 cm³/mol. The largest absolute Gasteiger partial charge is 0.454 e. The minimum absolute atomic E-state index is 0.110. The van der Waals surface area contributed by atoms with Crippen molar-refractivity contribution < 1.29 is 23.9 Å². The number of ether oxygens (including phenoxy) is 1. The van der Waals surface area contributed by atoms with Gasteiger partial charge in [-0.3, -0.25) is 19.3 Å². The highest BCUT2D eigenvalue weighted by Gasteiger charge is 2.56. The van der Waals surface area contributed by atoms with Gasteiger partial charge in [-0.25, -0.2) is 4.79 Å². The summed E-state index contributed by atoms with van der Waals surface area (Å²) in [5.74, 6) is -1.62. The van der Waals surface area contributed by atoms with Crippen LogP contribution in [0.4, 0.5) is 10.5 Å². The Hall–Kier alpha value is -2.90. The Morgan fingerprint density at radius 1 is 1.30 bits per heavy atom. The minimum atomic E-state index is -0.947. The summed E-state index contributed by atoms with van der Waals surface area (Å²) in [6.07, 6.45) is 1.75. The zero-order valence-corrected chi connectivity index (χ0v) is 15.6. The molecule has 1 heterocycles. The molecule has 1 aromatic carbocycles. The highest BCUT2D eigenvalue weighted by Crippen LogP contribution is 2.42. The summed E-state index contributed by atoms with van der Waals surface area (Å²) in [5.41, 5.74) is 1.66. The fraction of sp³-hybridized carbons (Fsp3) is 0.474. The summed E-state index contributed by atoms with van der Waals surface area (Å²) < 4.78 is 4.92. The molecule has 1 aliphatic heterocycles. The molecular formula is C19H23N3O5. The third kappa shape index (κ3) is 3.94. The second-order valence-electron chi connectivity index (χ2n) is 7.33. The number of urea groups is 1. The van der Waals surface area contributed by atoms with Gasteiger partial charge in [-0.2, -0.15) is 0 Å². The molecule has 0 aromatic heterocycles. The van der Waals surface area contributed by atoms with E-state index in [4.69, 9.17) is 4.74 Å². The number of amides is 4. The highest BCUT2D eigenvalue weighted by atomic mass is 16.5. The zero-order chi connectivity index (χ0) is 19.8. The van der Waals surface area contributed by atoms with Crippen LogP contribution < -0.4 is 10.6 Å². The molecule has 0 spiro atoms. The second kappa shape index (κ2) is 7.02. The van der Waals surface area contributed by atoms with E-state index in [0.717, 1.165) is 28.9 Å². The number of esters is 1. The van der Waals surface area contributed by atoms with Crippen molar-refractivity contribution in [2.24, 2.45) is 5.92 Å². The van der Waals surface area contributed by atoms with Gasteiger partial charge >= 0.3 is 12.0 Å². The van der Waals surface area contributed by atoms with Crippen LogP contribution in [0.25, 0.3) is 0 Å². The lowest BCUT2D eigenvalue weighted by molar-refractivity contribution is -0.150. The molecule has 4 amide bonds. The first-order valence-corrected chi connectivity index (χ1v) is 8.87. The lowest BCUT2D eigenvalue weighted by Gasteiger charge is -2.20. The van der Waals surface area contributed by atoms with Crippen molar-refractivity contribution in [2.45, 2.75) is 39.2 Å². The summed E-state index contributed by atoms with van der Waals surface area (Å²) in [5, 5.41) is 5.32. The Labute approximate surface area is 157 Å². The molecule has 1 saturated heterocycles. The molecule has 1 saturated carbocycles. The normalized spacial score (nSPS) is 21.8. The molecule has 1 atom stereocenters. The van der Waals surface area contributed by atoms with Gasteiger partial charge in [0.2, 0.25) is 0 Å². The third-order valence-electron chi connectivity index (χ3n) is 5.00. The summed E-state index contributed by atoms with van der Waals surface area (Å²) >= 11 is 0. The van der Waals surface area contributed by atoms with Gasteiger partial charge in [-0.05, 0) is 51.2 Å². The van der Waals surface area contributed by atoms with Gasteiger partial charge in [0, 0.05) is 5.69 Å². The standard InChI is InChI=1S/C19H23N3O5/c1-11-4-7-14(12(2)8-11)20-15(23)10-27-16(24)9-22-17(25)19(3,13-5-6-13)21-18(22)26/h4,7-8,13H,5-6,9-10H2,1-3H3,(H,20,23)(H,21,26)/t19-/m1/s1. The molecule has 3 rings (SSSR count). The summed E-state index contributed by atoms with van der Waals surface area (Å²) in [6, 6.07) is 4.96. The van der Waals surface area contributed by atoms with Gasteiger partial charge in [0.25, 0.3) is 11.8 Å². The number of benzene rings is 1. The molecule has 144 valence electrons. The predicted octanol–water partition coefficient (Wildman–Crippen LogP) is 1.51. The number of aryl methyl sites for hydroxylation is 2. The van der Waals surface area contributed by atoms with Crippen molar-refractivity contribution in [2.75, 3.05) is 18.5 Å². The van der Waals surface area contributed by atoms with E-state index < -0.39 is 42.5 Å². The molecule has 8 nitrogen and oxygen atoms in total. The van der Waals surface area contributed by atoms with E-state index in [0.29, 0.717) is 5.69 Å². The van der Waals surface area contributed by atoms with Gasteiger partial charge in [0.15, 0.2) is 6.61 Å². The molecule has 1 aliphatic carbocycles. The SMILES string of the molecule is Cc1ccc(NC(=O)COC(=O)CN2C(=O)N[C@](C)(C3CC3)C2=O)c(C)c1. The number of carbonyl (C=O) groups excluding carboxylic acids is 4. The molecule has 0 unspecified atom stereocenters. The first-order valence-electron chi connectivity index (χ1n) is 8.87. The Morgan fingerprint density at radius 2 is 2.00 bits per heavy atom. The van der Waals surface area contributed by atoms with Crippen LogP contribution in [0.2, 0.25) is 0 Å². The smallest absolute Gasteiger partial charge is 0.326 e. The van der Waals surface area contributed by atoms with E-state index in [-0.39, 0.29) is 5.92 Å². The fourth-order valence-electron chi connectivity index (χ4n) is 3.26. The average Bonchev–Trinajstić information content (AvgIpc) is 3.42. The molecule has 0 bridgehead atoms. The summed E-state index contributed by atoms with van der Waals surface area (Å²) in [4.78, 5) is 49.3. The molecule has 8 heteroatoms. The van der Waals surface area contributed by atoms with Crippen LogP contribution in [-0.2, 0) is 19.1 Å². The number of nitrogens with one attached hydrogen (secondary N) is 2. The van der Waals surface area contributed by atoms with E-state index in [1.807, 2.05) is 26.0 Å². The quantitative estimate of drug-likeness (QED) is 0.581. The molecule has 0 radical (unpaired) electrons. The molecule has 2 fully saturated rings. The van der Waals surface area contributed by atoms with Gasteiger partial charge in [-0.1, -0.05) is 17.7 Å². The molecule has 1 aromatic rings. The van der Waals surface area contributed by atoms with Gasteiger partial charge < -0.3 is 15.4 Å². The topological polar surface area (TPSA) is 105 Å². The molecule has 2 aliphatic rings. The number of rotatable bonds is 6. The van der Waals surface area contributed by atoms with E-state index >= 15 is 0 Å². The van der Waals surface area contributed by atoms with Crippen molar-refractivity contribution in [3.05, 3.63) is 29.3 Å². The Morgan fingerprint density at radius 3 is 2.63 bits per heavy atom. The van der Waals surface area contributed by atoms with Crippen molar-refractivity contribution in [1.82, 2.24) is 10.2 Å². The van der Waals surface area contributed by atoms with Crippen LogP contribution in [-0.4, -0.2) is 47.4 Å². The number of carbonyl (C=O) groups is 4. The van der Waals surface area contributed by atoms with Gasteiger partial charge in [-0.15, -0.1) is 0 Å². The van der Waals surface area contributed by atoms with Crippen LogP contribution in [0.1, 0.15) is 30.9 Å². The van der Waals surface area contributed by atoms with E-state index in [2.05, 4.69) is 10.6 Å². The number of imide groups is 1. The molecule has 27 heavy (non-hydrogen) atoms. The van der Waals surface area contributed by atoms with Crippen LogP contribution in [0.5, 0.6) is 0 Å². The van der Waals surface area contributed by atoms with Crippen molar-refractivity contribution in [1.29, 1.82) is 0 Å². The maximum Gasteiger partial charge on any atom is 0.326 e. The van der Waals surface area contributed by atoms with Crippen LogP contribution >= 0.6 is 0 Å². The molecular weight excluding hydrogens is 350 g/mol. The average molecular weight is 373 g/mol. The molecule has 2 N–H and O–H groups in total. The minimum Gasteiger partial charge on any atom is -0.454 e. The lowest BCUT2D eigenvalue weighted by atomic mass is 9.96.